The molecule has 0 saturated carbocycles. The van der Waals surface area contributed by atoms with E-state index in [9.17, 15) is 0 Å². The summed E-state index contributed by atoms with van der Waals surface area (Å²) in [7, 11) is 0. The second kappa shape index (κ2) is 8.80. The minimum absolute atomic E-state index is 0.741. The van der Waals surface area contributed by atoms with Crippen molar-refractivity contribution >= 4 is 0 Å². The Morgan fingerprint density at radius 1 is 0.897 bits per heavy atom. The van der Waals surface area contributed by atoms with E-state index < -0.39 is 0 Å². The number of pyridine rings is 2. The maximum Gasteiger partial charge on any atom is 0.0748 e. The molecule has 0 aliphatic carbocycles. The maximum absolute atomic E-state index is 4.79. The number of rotatable bonds is 7. The predicted octanol–water partition coefficient (Wildman–Crippen LogP) is 4.41. The molecule has 0 radical (unpaired) electrons. The van der Waals surface area contributed by atoms with E-state index in [2.05, 4.69) is 58.7 Å². The highest BCUT2D eigenvalue weighted by Gasteiger charge is 2.10. The van der Waals surface area contributed by atoms with E-state index in [1.807, 2.05) is 48.4 Å². The van der Waals surface area contributed by atoms with Gasteiger partial charge in [0.1, 0.15) is 0 Å². The summed E-state index contributed by atoms with van der Waals surface area (Å²) < 4.78 is 2.05. The Bertz CT molecular complexity index is 1070. The fraction of sp³-hybridized carbons (Fsp3) is 0.208. The Morgan fingerprint density at radius 2 is 1.69 bits per heavy atom. The van der Waals surface area contributed by atoms with E-state index in [0.29, 0.717) is 0 Å². The van der Waals surface area contributed by atoms with Crippen LogP contribution in [0.5, 0.6) is 0 Å². The van der Waals surface area contributed by atoms with Gasteiger partial charge in [0.25, 0.3) is 0 Å². The lowest BCUT2D eigenvalue weighted by molar-refractivity contribution is 0.542. The summed E-state index contributed by atoms with van der Waals surface area (Å²) >= 11 is 0. The first-order valence-corrected chi connectivity index (χ1v) is 9.87. The molecule has 0 bridgehead atoms. The average Bonchev–Trinajstić information content (AvgIpc) is 3.09. The Morgan fingerprint density at radius 3 is 2.41 bits per heavy atom. The summed E-state index contributed by atoms with van der Waals surface area (Å²) in [6.45, 7) is 6.54. The molecule has 146 valence electrons. The normalized spacial score (nSPS) is 11.0. The molecule has 1 aromatic carbocycles. The molecule has 29 heavy (non-hydrogen) atoms. The van der Waals surface area contributed by atoms with Gasteiger partial charge in [-0.25, -0.2) is 0 Å². The van der Waals surface area contributed by atoms with Crippen molar-refractivity contribution < 1.29 is 0 Å². The Kier molecular flexibility index (Phi) is 5.77. The highest BCUT2D eigenvalue weighted by atomic mass is 15.3. The van der Waals surface area contributed by atoms with Crippen molar-refractivity contribution in [2.45, 2.75) is 26.9 Å². The molecule has 3 aromatic heterocycles. The van der Waals surface area contributed by atoms with Crippen LogP contribution < -0.4 is 5.32 Å². The predicted molar refractivity (Wildman–Crippen MR) is 116 cm³/mol. The molecule has 3 heterocycles. The molecule has 0 aliphatic rings. The van der Waals surface area contributed by atoms with Crippen LogP contribution in [0.3, 0.4) is 0 Å². The monoisotopic (exact) mass is 383 g/mol. The van der Waals surface area contributed by atoms with E-state index in [1.54, 1.807) is 0 Å². The Hall–Kier alpha value is -3.31. The molecule has 1 N–H and O–H groups in total. The van der Waals surface area contributed by atoms with Crippen LogP contribution in [0.25, 0.3) is 22.4 Å². The lowest BCUT2D eigenvalue weighted by Crippen LogP contribution is -2.21. The summed E-state index contributed by atoms with van der Waals surface area (Å²) in [6.07, 6.45) is 5.56. The van der Waals surface area contributed by atoms with Gasteiger partial charge in [0, 0.05) is 48.5 Å². The van der Waals surface area contributed by atoms with Gasteiger partial charge >= 0.3 is 0 Å². The van der Waals surface area contributed by atoms with Crippen molar-refractivity contribution in [3.05, 3.63) is 90.1 Å². The lowest BCUT2D eigenvalue weighted by atomic mass is 10.0. The second-order valence-electron chi connectivity index (χ2n) is 7.16. The molecule has 4 aromatic rings. The van der Waals surface area contributed by atoms with Crippen molar-refractivity contribution in [1.82, 2.24) is 25.1 Å². The van der Waals surface area contributed by atoms with Crippen LogP contribution in [0.1, 0.15) is 17.0 Å². The highest BCUT2D eigenvalue weighted by molar-refractivity contribution is 5.69. The van der Waals surface area contributed by atoms with E-state index in [0.717, 1.165) is 42.1 Å². The average molecular weight is 383 g/mol. The number of hydrogen-bond acceptors (Lipinski definition) is 4. The van der Waals surface area contributed by atoms with Gasteiger partial charge in [0.15, 0.2) is 0 Å². The molecule has 4 rings (SSSR count). The maximum atomic E-state index is 4.79. The first-order valence-electron chi connectivity index (χ1n) is 9.87. The van der Waals surface area contributed by atoms with Gasteiger partial charge in [0.2, 0.25) is 0 Å². The smallest absolute Gasteiger partial charge is 0.0748 e. The second-order valence-corrected chi connectivity index (χ2v) is 7.16. The van der Waals surface area contributed by atoms with Gasteiger partial charge in [-0.05, 0) is 49.2 Å². The molecule has 0 amide bonds. The van der Waals surface area contributed by atoms with Crippen LogP contribution in [0.2, 0.25) is 0 Å². The van der Waals surface area contributed by atoms with E-state index in [4.69, 9.17) is 4.98 Å². The van der Waals surface area contributed by atoms with Crippen LogP contribution in [0, 0.1) is 13.8 Å². The van der Waals surface area contributed by atoms with Gasteiger partial charge in [-0.1, -0.05) is 30.3 Å². The van der Waals surface area contributed by atoms with Crippen molar-refractivity contribution in [3.8, 4) is 22.4 Å². The van der Waals surface area contributed by atoms with Crippen molar-refractivity contribution in [1.29, 1.82) is 0 Å². The Labute approximate surface area is 171 Å². The summed E-state index contributed by atoms with van der Waals surface area (Å²) in [5.74, 6) is 0. The van der Waals surface area contributed by atoms with Gasteiger partial charge in [-0.15, -0.1) is 0 Å². The summed E-state index contributed by atoms with van der Waals surface area (Å²) in [5.41, 5.74) is 7.78. The molecule has 0 aliphatic heterocycles. The number of nitrogens with one attached hydrogen (secondary N) is 1. The zero-order chi connectivity index (χ0) is 20.1. The Balaban J connectivity index is 1.54. The largest absolute Gasteiger partial charge is 0.311 e. The molecule has 5 heteroatoms. The van der Waals surface area contributed by atoms with Crippen LogP contribution in [-0.4, -0.2) is 26.3 Å². The van der Waals surface area contributed by atoms with Crippen molar-refractivity contribution in [2.24, 2.45) is 0 Å². The van der Waals surface area contributed by atoms with Gasteiger partial charge in [-0.3, -0.25) is 14.6 Å². The molecule has 5 nitrogen and oxygen atoms in total. The molecule has 0 fully saturated rings. The minimum Gasteiger partial charge on any atom is -0.311 e. The zero-order valence-corrected chi connectivity index (χ0v) is 16.8. The van der Waals surface area contributed by atoms with Crippen molar-refractivity contribution in [2.75, 3.05) is 6.54 Å². The van der Waals surface area contributed by atoms with Crippen LogP contribution in [0.15, 0.2) is 73.2 Å². The minimum atomic E-state index is 0.741. The third-order valence-corrected chi connectivity index (χ3v) is 4.95. The third-order valence-electron chi connectivity index (χ3n) is 4.95. The van der Waals surface area contributed by atoms with Gasteiger partial charge in [-0.2, -0.15) is 5.10 Å². The summed E-state index contributed by atoms with van der Waals surface area (Å²) in [5, 5.41) is 8.09. The third kappa shape index (κ3) is 4.58. The molecular formula is C24H25N5. The number of aryl methyl sites for hydroxylation is 2. The first kappa shape index (κ1) is 19.0. The lowest BCUT2D eigenvalue weighted by Gasteiger charge is -2.13. The van der Waals surface area contributed by atoms with E-state index in [-0.39, 0.29) is 0 Å². The van der Waals surface area contributed by atoms with Crippen LogP contribution in [0.4, 0.5) is 0 Å². The van der Waals surface area contributed by atoms with Crippen LogP contribution in [-0.2, 0) is 13.1 Å². The molecule has 0 saturated heterocycles. The molecule has 0 atom stereocenters. The van der Waals surface area contributed by atoms with Gasteiger partial charge in [0.05, 0.1) is 17.9 Å². The zero-order valence-electron chi connectivity index (χ0n) is 16.8. The topological polar surface area (TPSA) is 55.6 Å². The molecule has 0 spiro atoms. The number of hydrogen-bond donors (Lipinski definition) is 1. The van der Waals surface area contributed by atoms with Gasteiger partial charge < -0.3 is 5.32 Å². The highest BCUT2D eigenvalue weighted by Crippen LogP contribution is 2.26. The summed E-state index contributed by atoms with van der Waals surface area (Å²) in [6, 6.07) is 18.7. The molecule has 0 unspecified atom stereocenters. The number of benzene rings is 1. The van der Waals surface area contributed by atoms with E-state index >= 15 is 0 Å². The first-order chi connectivity index (χ1) is 14.2. The number of nitrogens with zero attached hydrogens (tertiary/aromatic N) is 4. The quantitative estimate of drug-likeness (QED) is 0.480. The fourth-order valence-corrected chi connectivity index (χ4v) is 3.51. The molecular weight excluding hydrogens is 358 g/mol. The van der Waals surface area contributed by atoms with Crippen molar-refractivity contribution in [3.63, 3.8) is 0 Å². The number of aromatic nitrogens is 4. The SMILES string of the molecule is Cc1cc(C)n(CCNCc2cc(-c3ccccc3)cnc2-c2ccncc2)n1. The van der Waals surface area contributed by atoms with E-state index in [1.165, 1.54) is 16.8 Å². The van der Waals surface area contributed by atoms with Crippen LogP contribution >= 0.6 is 0 Å². The standard InChI is InChI=1S/C24H25N5/c1-18-14-19(2)29(28-18)13-12-26-16-23-15-22(20-6-4-3-5-7-20)17-27-24(23)21-8-10-25-11-9-21/h3-11,14-15,17,26H,12-13,16H2,1-2H3. The fourth-order valence-electron chi connectivity index (χ4n) is 3.51. The summed E-state index contributed by atoms with van der Waals surface area (Å²) in [4.78, 5) is 8.93.